The third-order valence-corrected chi connectivity index (χ3v) is 4.96. The molecule has 4 atom stereocenters. The predicted molar refractivity (Wildman–Crippen MR) is 85.0 cm³/mol. The molecule has 3 nitrogen and oxygen atoms in total. The highest BCUT2D eigenvalue weighted by Gasteiger charge is 2.40. The molecule has 2 fully saturated rings. The minimum Gasteiger partial charge on any atom is -0.373 e. The number of rotatable bonds is 4. The first-order valence-corrected chi connectivity index (χ1v) is 8.54. The number of ether oxygens (including phenoxy) is 1. The largest absolute Gasteiger partial charge is 0.373 e. The Hall–Kier alpha value is -0.120. The highest BCUT2D eigenvalue weighted by molar-refractivity contribution is 4.96. The lowest BCUT2D eigenvalue weighted by molar-refractivity contribution is -0.111. The van der Waals surface area contributed by atoms with E-state index < -0.39 is 0 Å². The molecule has 0 aromatic heterocycles. The summed E-state index contributed by atoms with van der Waals surface area (Å²) in [4.78, 5) is 2.70. The standard InChI is InChI=1S/C17H34N2O/c1-6-7-18-15-11-13(2)10-14(3)16(15)19-8-9-20-17(4,5)12-19/h13-16,18H,6-12H2,1-5H3. The molecular weight excluding hydrogens is 248 g/mol. The SMILES string of the molecule is CCCNC1CC(C)CC(C)C1N1CCOC(C)(C)C1. The normalized spacial score (nSPS) is 38.9. The van der Waals surface area contributed by atoms with E-state index in [1.165, 1.54) is 19.3 Å². The summed E-state index contributed by atoms with van der Waals surface area (Å²) in [5.41, 5.74) is 0.0103. The second-order valence-corrected chi connectivity index (χ2v) is 7.68. The first kappa shape index (κ1) is 16.3. The average molecular weight is 282 g/mol. The van der Waals surface area contributed by atoms with E-state index in [-0.39, 0.29) is 5.60 Å². The van der Waals surface area contributed by atoms with Gasteiger partial charge in [0, 0.05) is 25.2 Å². The maximum Gasteiger partial charge on any atom is 0.0753 e. The second kappa shape index (κ2) is 6.76. The van der Waals surface area contributed by atoms with Gasteiger partial charge in [0.2, 0.25) is 0 Å². The maximum absolute atomic E-state index is 5.90. The lowest BCUT2D eigenvalue weighted by atomic mass is 9.75. The molecule has 1 saturated carbocycles. The van der Waals surface area contributed by atoms with Crippen LogP contribution in [-0.4, -0.2) is 48.8 Å². The quantitative estimate of drug-likeness (QED) is 0.858. The Morgan fingerprint density at radius 1 is 1.25 bits per heavy atom. The van der Waals surface area contributed by atoms with Crippen molar-refractivity contribution in [2.75, 3.05) is 26.2 Å². The number of morpholine rings is 1. The number of nitrogens with zero attached hydrogens (tertiary/aromatic N) is 1. The molecule has 118 valence electrons. The van der Waals surface area contributed by atoms with E-state index in [1.54, 1.807) is 0 Å². The van der Waals surface area contributed by atoms with Crippen molar-refractivity contribution in [3.8, 4) is 0 Å². The Kier molecular flexibility index (Phi) is 5.49. The van der Waals surface area contributed by atoms with Crippen molar-refractivity contribution < 1.29 is 4.74 Å². The summed E-state index contributed by atoms with van der Waals surface area (Å²) in [6.45, 7) is 15.8. The van der Waals surface area contributed by atoms with Crippen LogP contribution in [0.1, 0.15) is 53.9 Å². The fourth-order valence-corrected chi connectivity index (χ4v) is 4.30. The van der Waals surface area contributed by atoms with Crippen LogP contribution in [0.5, 0.6) is 0 Å². The van der Waals surface area contributed by atoms with E-state index in [0.717, 1.165) is 38.1 Å². The average Bonchev–Trinajstić information content (AvgIpc) is 2.34. The van der Waals surface area contributed by atoms with Gasteiger partial charge in [-0.3, -0.25) is 4.90 Å². The molecular formula is C17H34N2O. The topological polar surface area (TPSA) is 24.5 Å². The zero-order valence-corrected chi connectivity index (χ0v) is 14.1. The minimum atomic E-state index is 0.0103. The molecule has 0 bridgehead atoms. The molecule has 1 aliphatic carbocycles. The van der Waals surface area contributed by atoms with Gasteiger partial charge in [-0.25, -0.2) is 0 Å². The molecule has 0 aromatic carbocycles. The van der Waals surface area contributed by atoms with Crippen LogP contribution in [0.15, 0.2) is 0 Å². The molecule has 1 heterocycles. The van der Waals surface area contributed by atoms with E-state index in [2.05, 4.69) is 44.8 Å². The smallest absolute Gasteiger partial charge is 0.0753 e. The number of nitrogens with one attached hydrogen (secondary N) is 1. The molecule has 1 aliphatic heterocycles. The summed E-state index contributed by atoms with van der Waals surface area (Å²) in [5, 5.41) is 3.82. The van der Waals surface area contributed by atoms with E-state index in [0.29, 0.717) is 12.1 Å². The Bertz CT molecular complexity index is 305. The Labute approximate surface area is 125 Å². The zero-order chi connectivity index (χ0) is 14.8. The predicted octanol–water partition coefficient (Wildman–Crippen LogP) is 2.90. The summed E-state index contributed by atoms with van der Waals surface area (Å²) in [6, 6.07) is 1.34. The van der Waals surface area contributed by atoms with Crippen LogP contribution < -0.4 is 5.32 Å². The highest BCUT2D eigenvalue weighted by Crippen LogP contribution is 2.34. The first-order valence-electron chi connectivity index (χ1n) is 8.54. The van der Waals surface area contributed by atoms with Gasteiger partial charge in [-0.1, -0.05) is 20.8 Å². The van der Waals surface area contributed by atoms with Crippen molar-refractivity contribution in [2.24, 2.45) is 11.8 Å². The van der Waals surface area contributed by atoms with Crippen molar-refractivity contribution in [3.05, 3.63) is 0 Å². The minimum absolute atomic E-state index is 0.0103. The summed E-state index contributed by atoms with van der Waals surface area (Å²) in [5.74, 6) is 1.63. The van der Waals surface area contributed by atoms with E-state index in [9.17, 15) is 0 Å². The van der Waals surface area contributed by atoms with Gasteiger partial charge < -0.3 is 10.1 Å². The van der Waals surface area contributed by atoms with Crippen LogP contribution in [0.25, 0.3) is 0 Å². The van der Waals surface area contributed by atoms with Gasteiger partial charge in [0.25, 0.3) is 0 Å². The Balaban J connectivity index is 2.07. The van der Waals surface area contributed by atoms with Crippen LogP contribution in [0.2, 0.25) is 0 Å². The van der Waals surface area contributed by atoms with Gasteiger partial charge >= 0.3 is 0 Å². The maximum atomic E-state index is 5.90. The lowest BCUT2D eigenvalue weighted by Crippen LogP contribution is -2.61. The fourth-order valence-electron chi connectivity index (χ4n) is 4.30. The molecule has 20 heavy (non-hydrogen) atoms. The van der Waals surface area contributed by atoms with E-state index >= 15 is 0 Å². The molecule has 2 rings (SSSR count). The van der Waals surface area contributed by atoms with Gasteiger partial charge in [-0.2, -0.15) is 0 Å². The summed E-state index contributed by atoms with van der Waals surface area (Å²) in [6.07, 6.45) is 3.92. The Morgan fingerprint density at radius 2 is 2.00 bits per heavy atom. The third-order valence-electron chi connectivity index (χ3n) is 4.96. The van der Waals surface area contributed by atoms with Crippen LogP contribution >= 0.6 is 0 Å². The van der Waals surface area contributed by atoms with Gasteiger partial charge in [0.05, 0.1) is 12.2 Å². The van der Waals surface area contributed by atoms with Gasteiger partial charge in [0.15, 0.2) is 0 Å². The second-order valence-electron chi connectivity index (χ2n) is 7.68. The van der Waals surface area contributed by atoms with Crippen molar-refractivity contribution in [1.82, 2.24) is 10.2 Å². The van der Waals surface area contributed by atoms with Gasteiger partial charge in [-0.05, 0) is 51.5 Å². The molecule has 0 radical (unpaired) electrons. The van der Waals surface area contributed by atoms with Gasteiger partial charge in [-0.15, -0.1) is 0 Å². The first-order chi connectivity index (χ1) is 9.43. The fraction of sp³-hybridized carbons (Fsp3) is 1.00. The van der Waals surface area contributed by atoms with E-state index in [4.69, 9.17) is 4.74 Å². The molecule has 1 N–H and O–H groups in total. The van der Waals surface area contributed by atoms with Crippen LogP contribution in [0.4, 0.5) is 0 Å². The summed E-state index contributed by atoms with van der Waals surface area (Å²) in [7, 11) is 0. The molecule has 4 unspecified atom stereocenters. The third kappa shape index (κ3) is 3.96. The highest BCUT2D eigenvalue weighted by atomic mass is 16.5. The molecule has 0 aromatic rings. The van der Waals surface area contributed by atoms with Crippen molar-refractivity contribution in [1.29, 1.82) is 0 Å². The zero-order valence-electron chi connectivity index (χ0n) is 14.1. The monoisotopic (exact) mass is 282 g/mol. The molecule has 0 spiro atoms. The van der Waals surface area contributed by atoms with Crippen molar-refractivity contribution in [2.45, 2.75) is 71.6 Å². The van der Waals surface area contributed by atoms with Gasteiger partial charge in [0.1, 0.15) is 0 Å². The number of hydrogen-bond donors (Lipinski definition) is 1. The molecule has 1 saturated heterocycles. The van der Waals surface area contributed by atoms with Crippen molar-refractivity contribution >= 4 is 0 Å². The molecule has 3 heteroatoms. The summed E-state index contributed by atoms with van der Waals surface area (Å²) < 4.78 is 5.90. The Morgan fingerprint density at radius 3 is 2.65 bits per heavy atom. The lowest BCUT2D eigenvalue weighted by Gasteiger charge is -2.50. The van der Waals surface area contributed by atoms with E-state index in [1.807, 2.05) is 0 Å². The number of hydrogen-bond acceptors (Lipinski definition) is 3. The van der Waals surface area contributed by atoms with Crippen molar-refractivity contribution in [3.63, 3.8) is 0 Å². The van der Waals surface area contributed by atoms with Crippen LogP contribution in [0.3, 0.4) is 0 Å². The molecule has 2 aliphatic rings. The van der Waals surface area contributed by atoms with Crippen LogP contribution in [0, 0.1) is 11.8 Å². The summed E-state index contributed by atoms with van der Waals surface area (Å²) >= 11 is 0. The van der Waals surface area contributed by atoms with Crippen LogP contribution in [-0.2, 0) is 4.74 Å². The molecule has 0 amide bonds.